The summed E-state index contributed by atoms with van der Waals surface area (Å²) in [6, 6.07) is 9.88. The van der Waals surface area contributed by atoms with E-state index in [1.165, 1.54) is 16.7 Å². The first-order chi connectivity index (χ1) is 28.4. The van der Waals surface area contributed by atoms with E-state index in [0.717, 1.165) is 29.0 Å². The molecule has 6 rings (SSSR count). The van der Waals surface area contributed by atoms with E-state index in [2.05, 4.69) is 40.0 Å². The van der Waals surface area contributed by atoms with Crippen LogP contribution in [0.25, 0.3) is 11.2 Å². The number of oxime groups is 1. The molecule has 0 radical (unpaired) electrons. The number of pyridine rings is 1. The second-order valence-corrected chi connectivity index (χ2v) is 16.1. The zero-order valence-corrected chi connectivity index (χ0v) is 36.9. The maximum Gasteiger partial charge on any atom is 0.414 e. The van der Waals surface area contributed by atoms with Gasteiger partial charge in [-0.2, -0.15) is 9.36 Å². The van der Waals surface area contributed by atoms with Gasteiger partial charge in [-0.1, -0.05) is 17.3 Å². The van der Waals surface area contributed by atoms with Gasteiger partial charge in [-0.3, -0.25) is 24.4 Å². The lowest BCUT2D eigenvalue weighted by atomic mass is 10.0. The molecule has 2 aliphatic heterocycles. The van der Waals surface area contributed by atoms with Gasteiger partial charge in [0.25, 0.3) is 11.8 Å². The molecule has 60 heavy (non-hydrogen) atoms. The molecule has 0 spiro atoms. The number of nitrogens with one attached hydrogen (secondary N) is 3. The van der Waals surface area contributed by atoms with Gasteiger partial charge in [0.15, 0.2) is 11.8 Å². The minimum absolute atomic E-state index is 0. The number of nitrogens with zero attached hydrogens (tertiary/aromatic N) is 7. The van der Waals surface area contributed by atoms with Crippen molar-refractivity contribution in [1.29, 1.82) is 0 Å². The zero-order chi connectivity index (χ0) is 42.1. The monoisotopic (exact) mass is 930 g/mol. The topological polar surface area (TPSA) is 225 Å². The van der Waals surface area contributed by atoms with Gasteiger partial charge in [0, 0.05) is 29.4 Å². The molecule has 2 atom stereocenters. The standard InChI is InChI=1S/C38H46N10O9S2.BrH/c1-6-56-44-27(30-42-36(59-45-30)43-37(53)57-38(2,3)4)32(50)41-28-33(51)48-29(35(52)55-20-23-10-12-25(54-5)13-11-23)24(21-58-34(28)48)19-47-22-46(17-8-14-39-16-18-49)26-9-7-15-40-31(26)47;/h7,9-13,15,22,28,34,39,49H,6,8,14,16-21H2,1-5H3,(H-,41,42,43,45,50,53);1H/b44-27-;. The normalized spacial score (nSPS) is 16.4. The first-order valence-electron chi connectivity index (χ1n) is 18.9. The van der Waals surface area contributed by atoms with Crippen molar-refractivity contribution < 1.29 is 64.9 Å². The number of thioether (sulfide) groups is 1. The van der Waals surface area contributed by atoms with Crippen LogP contribution in [0.1, 0.15) is 45.5 Å². The summed E-state index contributed by atoms with van der Waals surface area (Å²) in [6.45, 7) is 9.10. The molecule has 322 valence electrons. The number of aromatic nitrogens is 5. The number of imidazole rings is 1. The second-order valence-electron chi connectivity index (χ2n) is 14.3. The zero-order valence-electron chi connectivity index (χ0n) is 33.7. The molecular formula is C38H47BrN10O9S2. The average Bonchev–Trinajstić information content (AvgIpc) is 3.82. The predicted molar refractivity (Wildman–Crippen MR) is 217 cm³/mol. The van der Waals surface area contributed by atoms with E-state index < -0.39 is 40.9 Å². The van der Waals surface area contributed by atoms with Crippen molar-refractivity contribution in [3.05, 3.63) is 71.6 Å². The molecule has 0 saturated carbocycles. The maximum atomic E-state index is 14.1. The summed E-state index contributed by atoms with van der Waals surface area (Å²) in [5.74, 6) is -1.17. The quantitative estimate of drug-likeness (QED) is 0.0243. The SMILES string of the molecule is CCO/N=C(\C(=O)NC1C(=O)N2C(C(=O)OCc3ccc(OC)cc3)=C(C[n+]3cn(CCCNCCO)c4cccnc43)CSC12)c1nsc(NC(=O)OC(C)(C)C)n1.[Br-]. The minimum Gasteiger partial charge on any atom is -1.00 e. The van der Waals surface area contributed by atoms with Crippen molar-refractivity contribution in [2.75, 3.05) is 44.5 Å². The summed E-state index contributed by atoms with van der Waals surface area (Å²) in [6.07, 6.45) is 3.69. The van der Waals surface area contributed by atoms with E-state index in [1.54, 1.807) is 65.3 Å². The molecule has 2 aliphatic rings. The van der Waals surface area contributed by atoms with Gasteiger partial charge in [-0.05, 0) is 70.5 Å². The lowest BCUT2D eigenvalue weighted by molar-refractivity contribution is -0.665. The number of rotatable bonds is 18. The van der Waals surface area contributed by atoms with Crippen LogP contribution in [0.4, 0.5) is 9.93 Å². The highest BCUT2D eigenvalue weighted by molar-refractivity contribution is 8.00. The van der Waals surface area contributed by atoms with E-state index >= 15 is 0 Å². The lowest BCUT2D eigenvalue weighted by Crippen LogP contribution is -3.00. The van der Waals surface area contributed by atoms with Crippen LogP contribution in [0.3, 0.4) is 0 Å². The molecule has 5 heterocycles. The van der Waals surface area contributed by atoms with Crippen LogP contribution in [0, 0.1) is 0 Å². The van der Waals surface area contributed by atoms with E-state index in [0.29, 0.717) is 42.4 Å². The van der Waals surface area contributed by atoms with Crippen LogP contribution >= 0.6 is 23.3 Å². The number of ether oxygens (including phenoxy) is 3. The van der Waals surface area contributed by atoms with Crippen LogP contribution in [-0.4, -0.2) is 115 Å². The summed E-state index contributed by atoms with van der Waals surface area (Å²) >= 11 is 2.19. The van der Waals surface area contributed by atoms with Crippen LogP contribution in [0.2, 0.25) is 0 Å². The molecule has 3 aromatic heterocycles. The molecule has 22 heteroatoms. The Bertz CT molecular complexity index is 2230. The Morgan fingerprint density at radius 2 is 1.92 bits per heavy atom. The molecule has 2 unspecified atom stereocenters. The molecule has 3 amide bonds. The number of benzene rings is 1. The number of β-lactam (4-membered cyclic amide) rings is 1. The van der Waals surface area contributed by atoms with E-state index in [4.69, 9.17) is 24.2 Å². The molecule has 0 bridgehead atoms. The number of halogens is 1. The Kier molecular flexibility index (Phi) is 16.0. The van der Waals surface area contributed by atoms with Crippen LogP contribution in [0.15, 0.2) is 65.3 Å². The molecule has 1 aromatic carbocycles. The third kappa shape index (κ3) is 11.2. The highest BCUT2D eigenvalue weighted by Crippen LogP contribution is 2.41. The van der Waals surface area contributed by atoms with Crippen LogP contribution in [0.5, 0.6) is 5.75 Å². The smallest absolute Gasteiger partial charge is 0.414 e. The fraction of sp³-hybridized carbons (Fsp3) is 0.447. The van der Waals surface area contributed by atoms with Crippen molar-refractivity contribution in [3.8, 4) is 5.75 Å². The summed E-state index contributed by atoms with van der Waals surface area (Å²) in [7, 11) is 1.56. The van der Waals surface area contributed by atoms with E-state index in [9.17, 15) is 19.2 Å². The predicted octanol–water partition coefficient (Wildman–Crippen LogP) is -0.655. The number of aryl methyl sites for hydroxylation is 1. The number of anilines is 1. The largest absolute Gasteiger partial charge is 1.00 e. The van der Waals surface area contributed by atoms with Gasteiger partial charge in [0.1, 0.15) is 47.9 Å². The first-order valence-corrected chi connectivity index (χ1v) is 20.7. The molecule has 1 fully saturated rings. The van der Waals surface area contributed by atoms with E-state index in [1.807, 2.05) is 23.0 Å². The van der Waals surface area contributed by atoms with Crippen molar-refractivity contribution >= 4 is 69.2 Å². The third-order valence-electron chi connectivity index (χ3n) is 8.83. The van der Waals surface area contributed by atoms with Gasteiger partial charge >= 0.3 is 17.7 Å². The molecule has 4 aromatic rings. The van der Waals surface area contributed by atoms with Crippen molar-refractivity contribution in [2.24, 2.45) is 5.16 Å². The molecule has 0 aliphatic carbocycles. The Hall–Kier alpha value is -5.16. The van der Waals surface area contributed by atoms with Crippen LogP contribution < -0.4 is 42.2 Å². The Morgan fingerprint density at radius 3 is 2.63 bits per heavy atom. The fourth-order valence-corrected chi connectivity index (χ4v) is 8.10. The Balaban J connectivity index is 0.00000683. The number of methoxy groups -OCH3 is 1. The highest BCUT2D eigenvalue weighted by atomic mass is 79.9. The number of fused-ring (bicyclic) bond motifs is 2. The third-order valence-corrected chi connectivity index (χ3v) is 10.8. The Labute approximate surface area is 364 Å². The minimum atomic E-state index is -1.04. The summed E-state index contributed by atoms with van der Waals surface area (Å²) in [4.78, 5) is 69.6. The highest BCUT2D eigenvalue weighted by Gasteiger charge is 2.55. The van der Waals surface area contributed by atoms with E-state index in [-0.39, 0.29) is 65.7 Å². The number of carbonyl (C=O) groups excluding carboxylic acids is 4. The summed E-state index contributed by atoms with van der Waals surface area (Å²) in [5, 5.41) is 20.8. The lowest BCUT2D eigenvalue weighted by Gasteiger charge is -2.49. The molecular weight excluding hydrogens is 885 g/mol. The number of amides is 3. The van der Waals surface area contributed by atoms with Gasteiger partial charge < -0.3 is 51.8 Å². The maximum absolute atomic E-state index is 14.1. The second kappa shape index (κ2) is 20.9. The van der Waals surface area contributed by atoms with Crippen LogP contribution in [-0.2, 0) is 48.4 Å². The number of hydrogen-bond acceptors (Lipinski definition) is 16. The number of aliphatic hydroxyl groups is 1. The van der Waals surface area contributed by atoms with Gasteiger partial charge in [0.05, 0.1) is 26.8 Å². The first kappa shape index (κ1) is 45.9. The number of esters is 1. The van der Waals surface area contributed by atoms with Crippen molar-refractivity contribution in [3.63, 3.8) is 0 Å². The molecule has 19 nitrogen and oxygen atoms in total. The van der Waals surface area contributed by atoms with Crippen molar-refractivity contribution in [2.45, 2.75) is 70.8 Å². The number of hydrogen-bond donors (Lipinski definition) is 4. The summed E-state index contributed by atoms with van der Waals surface area (Å²) < 4.78 is 24.5. The van der Waals surface area contributed by atoms with Gasteiger partial charge in [0.2, 0.25) is 16.7 Å². The molecule has 1 saturated heterocycles. The molecule has 4 N–H and O–H groups in total. The average molecular weight is 932 g/mol. The van der Waals surface area contributed by atoms with Gasteiger partial charge in [-0.25, -0.2) is 14.2 Å². The van der Waals surface area contributed by atoms with Crippen molar-refractivity contribution in [1.82, 2.24) is 34.4 Å². The summed E-state index contributed by atoms with van der Waals surface area (Å²) in [5.41, 5.74) is 1.98. The fourth-order valence-electron chi connectivity index (χ4n) is 6.21. The number of aliphatic hydroxyl groups excluding tert-OH is 1. The Morgan fingerprint density at radius 1 is 1.13 bits per heavy atom. The van der Waals surface area contributed by atoms with Gasteiger partial charge in [-0.15, -0.1) is 16.7 Å². The number of carbonyl (C=O) groups is 4.